The van der Waals surface area contributed by atoms with Crippen molar-refractivity contribution in [3.63, 3.8) is 0 Å². The molecule has 0 aliphatic carbocycles. The maximum Gasteiger partial charge on any atom is 0.119 e. The molecule has 1 fully saturated rings. The van der Waals surface area contributed by atoms with Crippen LogP contribution in [0.1, 0.15) is 22.9 Å². The molecule has 1 saturated heterocycles. The lowest BCUT2D eigenvalue weighted by molar-refractivity contribution is -0.0332. The van der Waals surface area contributed by atoms with Crippen molar-refractivity contribution in [3.05, 3.63) is 71.5 Å². The highest BCUT2D eigenvalue weighted by atomic mass is 16.5. The first-order chi connectivity index (χ1) is 12.7. The van der Waals surface area contributed by atoms with Gasteiger partial charge in [0.25, 0.3) is 0 Å². The van der Waals surface area contributed by atoms with Gasteiger partial charge in [0.05, 0.1) is 25.5 Å². The summed E-state index contributed by atoms with van der Waals surface area (Å²) in [5, 5.41) is 2.40. The first-order valence-corrected chi connectivity index (χ1v) is 9.05. The number of morpholine rings is 1. The van der Waals surface area contributed by atoms with Gasteiger partial charge in [-0.2, -0.15) is 0 Å². The molecule has 0 amide bonds. The van der Waals surface area contributed by atoms with E-state index in [-0.39, 0.29) is 6.10 Å². The molecule has 0 spiro atoms. The minimum absolute atomic E-state index is 0.0965. The lowest BCUT2D eigenvalue weighted by Gasteiger charge is -2.33. The van der Waals surface area contributed by atoms with E-state index in [1.807, 2.05) is 18.3 Å². The van der Waals surface area contributed by atoms with Gasteiger partial charge in [-0.1, -0.05) is 24.3 Å². The summed E-state index contributed by atoms with van der Waals surface area (Å²) in [6.45, 7) is 5.57. The number of benzene rings is 2. The van der Waals surface area contributed by atoms with Gasteiger partial charge in [0, 0.05) is 25.8 Å². The van der Waals surface area contributed by atoms with Gasteiger partial charge >= 0.3 is 0 Å². The van der Waals surface area contributed by atoms with Gasteiger partial charge in [-0.3, -0.25) is 9.88 Å². The molecule has 26 heavy (non-hydrogen) atoms. The van der Waals surface area contributed by atoms with E-state index in [1.165, 1.54) is 21.9 Å². The van der Waals surface area contributed by atoms with Crippen LogP contribution in [0.3, 0.4) is 0 Å². The number of aryl methyl sites for hydroxylation is 1. The summed E-state index contributed by atoms with van der Waals surface area (Å²) in [5.41, 5.74) is 3.62. The van der Waals surface area contributed by atoms with E-state index in [1.54, 1.807) is 7.11 Å². The fraction of sp³-hybridized carbons (Fsp3) is 0.318. The molecule has 0 bridgehead atoms. The molecule has 3 aromatic rings. The van der Waals surface area contributed by atoms with E-state index in [0.29, 0.717) is 0 Å². The molecular weight excluding hydrogens is 324 g/mol. The largest absolute Gasteiger partial charge is 0.497 e. The number of methoxy groups -OCH3 is 1. The Labute approximate surface area is 154 Å². The second kappa shape index (κ2) is 7.44. The highest BCUT2D eigenvalue weighted by Crippen LogP contribution is 2.28. The lowest BCUT2D eigenvalue weighted by Crippen LogP contribution is -2.38. The Morgan fingerprint density at radius 3 is 2.85 bits per heavy atom. The van der Waals surface area contributed by atoms with E-state index in [4.69, 9.17) is 9.47 Å². The van der Waals surface area contributed by atoms with E-state index >= 15 is 0 Å². The minimum atomic E-state index is 0.0965. The summed E-state index contributed by atoms with van der Waals surface area (Å²) in [6, 6.07) is 16.8. The van der Waals surface area contributed by atoms with Gasteiger partial charge in [0.1, 0.15) is 5.75 Å². The predicted octanol–water partition coefficient (Wildman–Crippen LogP) is 4.13. The van der Waals surface area contributed by atoms with Crippen molar-refractivity contribution in [1.82, 2.24) is 9.88 Å². The quantitative estimate of drug-likeness (QED) is 0.710. The van der Waals surface area contributed by atoms with Crippen LogP contribution in [0.5, 0.6) is 5.75 Å². The summed E-state index contributed by atoms with van der Waals surface area (Å²) >= 11 is 0. The first-order valence-electron chi connectivity index (χ1n) is 9.05. The zero-order valence-electron chi connectivity index (χ0n) is 15.3. The molecular formula is C22H24N2O2. The number of rotatable bonds is 4. The zero-order valence-corrected chi connectivity index (χ0v) is 15.3. The van der Waals surface area contributed by atoms with Crippen LogP contribution in [0.25, 0.3) is 10.8 Å². The molecule has 4 heteroatoms. The molecule has 0 N–H and O–H groups in total. The molecule has 0 radical (unpaired) electrons. The SMILES string of the molecule is COc1ccc2cc([C@H]3CN(Cc4ncccc4C)CCO3)ccc2c1. The summed E-state index contributed by atoms with van der Waals surface area (Å²) in [6.07, 6.45) is 1.97. The number of hydrogen-bond acceptors (Lipinski definition) is 4. The second-order valence-corrected chi connectivity index (χ2v) is 6.83. The summed E-state index contributed by atoms with van der Waals surface area (Å²) in [5.74, 6) is 0.885. The Bertz CT molecular complexity index is 910. The van der Waals surface area contributed by atoms with Crippen LogP contribution in [0, 0.1) is 6.92 Å². The molecule has 134 valence electrons. The second-order valence-electron chi connectivity index (χ2n) is 6.83. The van der Waals surface area contributed by atoms with E-state index < -0.39 is 0 Å². The highest BCUT2D eigenvalue weighted by Gasteiger charge is 2.23. The summed E-state index contributed by atoms with van der Waals surface area (Å²) in [4.78, 5) is 6.97. The first kappa shape index (κ1) is 17.0. The molecule has 1 atom stereocenters. The molecule has 1 aliphatic rings. The fourth-order valence-electron chi connectivity index (χ4n) is 3.51. The van der Waals surface area contributed by atoms with Gasteiger partial charge in [-0.25, -0.2) is 0 Å². The van der Waals surface area contributed by atoms with E-state index in [2.05, 4.69) is 53.2 Å². The maximum absolute atomic E-state index is 6.07. The van der Waals surface area contributed by atoms with Gasteiger partial charge in [-0.15, -0.1) is 0 Å². The average Bonchev–Trinajstić information content (AvgIpc) is 2.69. The molecule has 1 aromatic heterocycles. The average molecular weight is 348 g/mol. The van der Waals surface area contributed by atoms with Crippen LogP contribution in [0.4, 0.5) is 0 Å². The van der Waals surface area contributed by atoms with Gasteiger partial charge < -0.3 is 9.47 Å². The van der Waals surface area contributed by atoms with Crippen molar-refractivity contribution in [2.75, 3.05) is 26.8 Å². The molecule has 2 heterocycles. The topological polar surface area (TPSA) is 34.6 Å². The number of fused-ring (bicyclic) bond motifs is 1. The number of aromatic nitrogens is 1. The van der Waals surface area contributed by atoms with Gasteiger partial charge in [0.2, 0.25) is 0 Å². The van der Waals surface area contributed by atoms with Crippen molar-refractivity contribution in [2.45, 2.75) is 19.6 Å². The van der Waals surface area contributed by atoms with Crippen LogP contribution >= 0.6 is 0 Å². The van der Waals surface area contributed by atoms with E-state index in [9.17, 15) is 0 Å². The van der Waals surface area contributed by atoms with Crippen molar-refractivity contribution >= 4 is 10.8 Å². The highest BCUT2D eigenvalue weighted by molar-refractivity contribution is 5.84. The van der Waals surface area contributed by atoms with Crippen molar-refractivity contribution < 1.29 is 9.47 Å². The lowest BCUT2D eigenvalue weighted by atomic mass is 10.0. The minimum Gasteiger partial charge on any atom is -0.497 e. The zero-order chi connectivity index (χ0) is 17.9. The normalized spacial score (nSPS) is 18.2. The summed E-state index contributed by atoms with van der Waals surface area (Å²) < 4.78 is 11.4. The third kappa shape index (κ3) is 3.57. The molecule has 4 rings (SSSR count). The Kier molecular flexibility index (Phi) is 4.87. The standard InChI is InChI=1S/C22H24N2O2/c1-16-4-3-9-23-21(16)14-24-10-11-26-22(15-24)19-6-5-18-13-20(25-2)8-7-17(18)12-19/h3-9,12-13,22H,10-11,14-15H2,1-2H3/t22-/m1/s1. The van der Waals surface area contributed by atoms with Crippen LogP contribution < -0.4 is 4.74 Å². The Balaban J connectivity index is 1.52. The number of pyridine rings is 1. The molecule has 0 unspecified atom stereocenters. The van der Waals surface area contributed by atoms with Crippen LogP contribution in [-0.4, -0.2) is 36.7 Å². The fourth-order valence-corrected chi connectivity index (χ4v) is 3.51. The number of nitrogens with zero attached hydrogens (tertiary/aromatic N) is 2. The van der Waals surface area contributed by atoms with Gasteiger partial charge in [0.15, 0.2) is 0 Å². The number of hydrogen-bond donors (Lipinski definition) is 0. The van der Waals surface area contributed by atoms with Gasteiger partial charge in [-0.05, 0) is 53.1 Å². The van der Waals surface area contributed by atoms with Crippen LogP contribution in [0.15, 0.2) is 54.7 Å². The molecule has 4 nitrogen and oxygen atoms in total. The molecule has 1 aliphatic heterocycles. The third-order valence-electron chi connectivity index (χ3n) is 5.09. The van der Waals surface area contributed by atoms with Crippen molar-refractivity contribution in [1.29, 1.82) is 0 Å². The Morgan fingerprint density at radius 1 is 1.15 bits per heavy atom. The number of ether oxygens (including phenoxy) is 2. The van der Waals surface area contributed by atoms with Crippen LogP contribution in [-0.2, 0) is 11.3 Å². The monoisotopic (exact) mass is 348 g/mol. The molecule has 2 aromatic carbocycles. The molecule has 0 saturated carbocycles. The van der Waals surface area contributed by atoms with Crippen molar-refractivity contribution in [2.24, 2.45) is 0 Å². The third-order valence-corrected chi connectivity index (χ3v) is 5.09. The van der Waals surface area contributed by atoms with E-state index in [0.717, 1.165) is 37.7 Å². The van der Waals surface area contributed by atoms with Crippen LogP contribution in [0.2, 0.25) is 0 Å². The predicted molar refractivity (Wildman–Crippen MR) is 103 cm³/mol. The Hall–Kier alpha value is -2.43. The maximum atomic E-state index is 6.07. The summed E-state index contributed by atoms with van der Waals surface area (Å²) in [7, 11) is 1.70. The smallest absolute Gasteiger partial charge is 0.119 e. The Morgan fingerprint density at radius 2 is 2.00 bits per heavy atom. The van der Waals surface area contributed by atoms with Crippen molar-refractivity contribution in [3.8, 4) is 5.75 Å².